The maximum atomic E-state index is 5.39. The molecule has 0 spiro atoms. The largest absolute Gasteiger partial charge is 0.339 e. The van der Waals surface area contributed by atoms with E-state index >= 15 is 0 Å². The molecule has 0 amide bonds. The Bertz CT molecular complexity index is 620. The van der Waals surface area contributed by atoms with E-state index in [-0.39, 0.29) is 12.4 Å². The number of rotatable bonds is 7. The Balaban J connectivity index is 0.00000264. The summed E-state index contributed by atoms with van der Waals surface area (Å²) in [7, 11) is 1.93. The number of aromatic nitrogens is 4. The molecule has 1 N–H and O–H groups in total. The highest BCUT2D eigenvalue weighted by Crippen LogP contribution is 2.18. The summed E-state index contributed by atoms with van der Waals surface area (Å²) in [5.41, 5.74) is 3.42. The van der Waals surface area contributed by atoms with Crippen LogP contribution in [0.4, 0.5) is 0 Å². The molecule has 7 heteroatoms. The average molecular weight is 342 g/mol. The number of hydrogen-bond acceptors (Lipinski definition) is 5. The molecular weight excluding hydrogens is 314 g/mol. The quantitative estimate of drug-likeness (QED) is 0.838. The number of nitrogens with zero attached hydrogens (tertiary/aromatic N) is 4. The normalized spacial score (nSPS) is 12.5. The minimum atomic E-state index is 0. The second-order valence-electron chi connectivity index (χ2n) is 6.40. The number of likely N-dealkylation sites (N-methyl/N-ethyl adjacent to an activating group) is 1. The Kier molecular flexibility index (Phi) is 7.22. The van der Waals surface area contributed by atoms with Gasteiger partial charge in [0.05, 0.1) is 12.1 Å². The Morgan fingerprint density at radius 2 is 1.91 bits per heavy atom. The third-order valence-corrected chi connectivity index (χ3v) is 3.89. The second-order valence-corrected chi connectivity index (χ2v) is 6.40. The molecule has 2 rings (SSSR count). The number of nitrogens with one attached hydrogen (secondary N) is 1. The van der Waals surface area contributed by atoms with Gasteiger partial charge in [-0.3, -0.25) is 4.68 Å². The molecule has 6 nitrogen and oxygen atoms in total. The van der Waals surface area contributed by atoms with E-state index < -0.39 is 0 Å². The second kappa shape index (κ2) is 8.45. The number of halogens is 1. The van der Waals surface area contributed by atoms with Gasteiger partial charge in [0.15, 0.2) is 5.82 Å². The van der Waals surface area contributed by atoms with Crippen LogP contribution in [0.2, 0.25) is 0 Å². The van der Waals surface area contributed by atoms with Crippen LogP contribution < -0.4 is 5.32 Å². The summed E-state index contributed by atoms with van der Waals surface area (Å²) in [4.78, 5) is 4.49. The molecule has 2 heterocycles. The van der Waals surface area contributed by atoms with E-state index in [9.17, 15) is 0 Å². The molecule has 23 heavy (non-hydrogen) atoms. The highest BCUT2D eigenvalue weighted by Gasteiger charge is 2.16. The smallest absolute Gasteiger partial charge is 0.231 e. The van der Waals surface area contributed by atoms with Crippen molar-refractivity contribution in [1.82, 2.24) is 25.2 Å². The fraction of sp³-hybridized carbons (Fsp3) is 0.688. The number of hydrogen-bond donors (Lipinski definition) is 1. The lowest BCUT2D eigenvalue weighted by atomic mass is 10.1. The van der Waals surface area contributed by atoms with E-state index in [1.54, 1.807) is 0 Å². The van der Waals surface area contributed by atoms with Crippen LogP contribution in [0.25, 0.3) is 0 Å². The standard InChI is InChI=1S/C16H27N5O.ClH/c1-10(2)9-21-13(5)14(12(4)19-21)8-16-18-15(20-22-16)7-11(3)17-6;/h10-11,17H,7-9H2,1-6H3;1H. The molecule has 0 aliphatic heterocycles. The van der Waals surface area contributed by atoms with Crippen molar-refractivity contribution in [3.63, 3.8) is 0 Å². The van der Waals surface area contributed by atoms with Crippen LogP contribution in [-0.4, -0.2) is 33.0 Å². The molecule has 0 aromatic carbocycles. The van der Waals surface area contributed by atoms with E-state index in [2.05, 4.69) is 52.9 Å². The zero-order valence-corrected chi connectivity index (χ0v) is 15.7. The maximum absolute atomic E-state index is 5.39. The fourth-order valence-electron chi connectivity index (χ4n) is 2.49. The summed E-state index contributed by atoms with van der Waals surface area (Å²) in [5.74, 6) is 1.99. The van der Waals surface area contributed by atoms with Gasteiger partial charge in [-0.25, -0.2) is 0 Å². The van der Waals surface area contributed by atoms with Crippen LogP contribution >= 0.6 is 12.4 Å². The molecule has 0 radical (unpaired) electrons. The minimum Gasteiger partial charge on any atom is -0.339 e. The lowest BCUT2D eigenvalue weighted by Crippen LogP contribution is -2.24. The van der Waals surface area contributed by atoms with Crippen LogP contribution in [0.3, 0.4) is 0 Å². The van der Waals surface area contributed by atoms with Gasteiger partial charge < -0.3 is 9.84 Å². The van der Waals surface area contributed by atoms with Crippen LogP contribution in [-0.2, 0) is 19.4 Å². The van der Waals surface area contributed by atoms with Crippen molar-refractivity contribution in [2.45, 2.75) is 60.0 Å². The molecule has 1 atom stereocenters. The van der Waals surface area contributed by atoms with Crippen molar-refractivity contribution in [1.29, 1.82) is 0 Å². The molecule has 0 saturated heterocycles. The summed E-state index contributed by atoms with van der Waals surface area (Å²) >= 11 is 0. The maximum Gasteiger partial charge on any atom is 0.231 e. The van der Waals surface area contributed by atoms with E-state index in [1.165, 1.54) is 11.3 Å². The predicted molar refractivity (Wildman–Crippen MR) is 93.1 cm³/mol. The molecule has 0 bridgehead atoms. The van der Waals surface area contributed by atoms with Crippen molar-refractivity contribution in [3.05, 3.63) is 28.7 Å². The molecular formula is C16H28ClN5O. The van der Waals surface area contributed by atoms with Crippen molar-refractivity contribution >= 4 is 12.4 Å². The van der Waals surface area contributed by atoms with Gasteiger partial charge in [0.2, 0.25) is 5.89 Å². The van der Waals surface area contributed by atoms with Crippen molar-refractivity contribution in [2.24, 2.45) is 5.92 Å². The first-order valence-corrected chi connectivity index (χ1v) is 7.92. The molecule has 2 aromatic heterocycles. The van der Waals surface area contributed by atoms with Gasteiger partial charge in [-0.05, 0) is 33.7 Å². The SMILES string of the molecule is CNC(C)Cc1noc(Cc2c(C)nn(CC(C)C)c2C)n1.Cl. The summed E-state index contributed by atoms with van der Waals surface area (Å²) < 4.78 is 7.47. The third kappa shape index (κ3) is 5.04. The van der Waals surface area contributed by atoms with Gasteiger partial charge in [-0.1, -0.05) is 19.0 Å². The first-order valence-electron chi connectivity index (χ1n) is 7.92. The summed E-state index contributed by atoms with van der Waals surface area (Å²) in [6.45, 7) is 11.6. The first-order chi connectivity index (χ1) is 10.4. The highest BCUT2D eigenvalue weighted by molar-refractivity contribution is 5.85. The van der Waals surface area contributed by atoms with E-state index in [0.717, 1.165) is 24.5 Å². The predicted octanol–water partition coefficient (Wildman–Crippen LogP) is 2.70. The zero-order chi connectivity index (χ0) is 16.3. The van der Waals surface area contributed by atoms with Crippen molar-refractivity contribution in [2.75, 3.05) is 7.05 Å². The van der Waals surface area contributed by atoms with E-state index in [1.807, 2.05) is 14.0 Å². The summed E-state index contributed by atoms with van der Waals surface area (Å²) in [5, 5.41) is 11.9. The lowest BCUT2D eigenvalue weighted by Gasteiger charge is -2.07. The minimum absolute atomic E-state index is 0. The average Bonchev–Trinajstić information content (AvgIpc) is 2.98. The Morgan fingerprint density at radius 1 is 1.22 bits per heavy atom. The van der Waals surface area contributed by atoms with Gasteiger partial charge in [0, 0.05) is 30.3 Å². The summed E-state index contributed by atoms with van der Waals surface area (Å²) in [6, 6.07) is 0.336. The molecule has 2 aromatic rings. The molecule has 0 saturated carbocycles. The van der Waals surface area contributed by atoms with Gasteiger partial charge in [-0.2, -0.15) is 10.1 Å². The molecule has 0 fully saturated rings. The van der Waals surface area contributed by atoms with Crippen LogP contribution in [0.15, 0.2) is 4.52 Å². The molecule has 1 unspecified atom stereocenters. The monoisotopic (exact) mass is 341 g/mol. The topological polar surface area (TPSA) is 68.8 Å². The highest BCUT2D eigenvalue weighted by atomic mass is 35.5. The van der Waals surface area contributed by atoms with Crippen LogP contribution in [0, 0.1) is 19.8 Å². The van der Waals surface area contributed by atoms with Crippen LogP contribution in [0.1, 0.15) is 49.4 Å². The molecule has 0 aliphatic carbocycles. The molecule has 0 aliphatic rings. The fourth-order valence-corrected chi connectivity index (χ4v) is 2.49. The van der Waals surface area contributed by atoms with E-state index in [4.69, 9.17) is 4.52 Å². The lowest BCUT2D eigenvalue weighted by molar-refractivity contribution is 0.377. The summed E-state index contributed by atoms with van der Waals surface area (Å²) in [6.07, 6.45) is 1.42. The first kappa shape index (κ1) is 19.6. The Labute approximate surface area is 144 Å². The van der Waals surface area contributed by atoms with Gasteiger partial charge in [-0.15, -0.1) is 12.4 Å². The zero-order valence-electron chi connectivity index (χ0n) is 14.9. The number of aryl methyl sites for hydroxylation is 1. The van der Waals surface area contributed by atoms with Gasteiger partial charge in [0.25, 0.3) is 0 Å². The Morgan fingerprint density at radius 3 is 2.52 bits per heavy atom. The van der Waals surface area contributed by atoms with E-state index in [0.29, 0.717) is 24.3 Å². The van der Waals surface area contributed by atoms with Crippen molar-refractivity contribution < 1.29 is 4.52 Å². The van der Waals surface area contributed by atoms with Gasteiger partial charge >= 0.3 is 0 Å². The van der Waals surface area contributed by atoms with Crippen molar-refractivity contribution in [3.8, 4) is 0 Å². The molecule has 130 valence electrons. The van der Waals surface area contributed by atoms with Gasteiger partial charge in [0.1, 0.15) is 0 Å². The Hall–Kier alpha value is -1.40. The van der Waals surface area contributed by atoms with Crippen LogP contribution in [0.5, 0.6) is 0 Å². The third-order valence-electron chi connectivity index (χ3n) is 3.89.